The summed E-state index contributed by atoms with van der Waals surface area (Å²) in [6.07, 6.45) is 0. The zero-order valence-electron chi connectivity index (χ0n) is 15.0. The maximum atomic E-state index is 12.4. The highest BCUT2D eigenvalue weighted by atomic mass is 16.2. The van der Waals surface area contributed by atoms with E-state index in [1.807, 2.05) is 30.3 Å². The number of nitrogens with two attached hydrogens (primary N) is 2. The molecule has 0 spiro atoms. The van der Waals surface area contributed by atoms with Crippen molar-refractivity contribution < 1.29 is 4.79 Å². The predicted octanol–water partition coefficient (Wildman–Crippen LogP) is 3.57. The average Bonchev–Trinajstić information content (AvgIpc) is 2.69. The zero-order chi connectivity index (χ0) is 20.1. The van der Waals surface area contributed by atoms with Gasteiger partial charge in [-0.3, -0.25) is 10.8 Å². The van der Waals surface area contributed by atoms with E-state index in [1.165, 1.54) is 0 Å². The van der Waals surface area contributed by atoms with Crippen molar-refractivity contribution in [2.45, 2.75) is 0 Å². The maximum absolute atomic E-state index is 12.4. The number of urea groups is 1. The largest absolute Gasteiger partial charge is 0.384 e. The molecule has 8 N–H and O–H groups in total. The fourth-order valence-corrected chi connectivity index (χ4v) is 2.72. The van der Waals surface area contributed by atoms with Crippen LogP contribution < -0.4 is 22.1 Å². The Bertz CT molecular complexity index is 1040. The lowest BCUT2D eigenvalue weighted by atomic mass is 10.0. The number of nitrogens with one attached hydrogen (secondary N) is 4. The van der Waals surface area contributed by atoms with Gasteiger partial charge in [-0.15, -0.1) is 0 Å². The van der Waals surface area contributed by atoms with Crippen LogP contribution in [0.5, 0.6) is 0 Å². The van der Waals surface area contributed by atoms with Crippen LogP contribution in [0.3, 0.4) is 0 Å². The van der Waals surface area contributed by atoms with Gasteiger partial charge in [-0.1, -0.05) is 36.4 Å². The van der Waals surface area contributed by atoms with Crippen molar-refractivity contribution in [1.29, 1.82) is 10.8 Å². The molecule has 0 bridgehead atoms. The SMILES string of the molecule is N=C(N)c1ccc(NC(=O)Nc2ccccc2-c2cccc(C(=N)N)c2)cc1. The van der Waals surface area contributed by atoms with Crippen LogP contribution in [0.1, 0.15) is 11.1 Å². The lowest BCUT2D eigenvalue weighted by Gasteiger charge is -2.13. The van der Waals surface area contributed by atoms with E-state index in [0.29, 0.717) is 22.5 Å². The molecule has 0 aliphatic rings. The summed E-state index contributed by atoms with van der Waals surface area (Å²) < 4.78 is 0. The molecule has 0 saturated carbocycles. The number of anilines is 2. The summed E-state index contributed by atoms with van der Waals surface area (Å²) in [7, 11) is 0. The number of benzene rings is 3. The smallest absolute Gasteiger partial charge is 0.323 e. The summed E-state index contributed by atoms with van der Waals surface area (Å²) in [5.41, 5.74) is 15.1. The van der Waals surface area contributed by atoms with Gasteiger partial charge in [-0.25, -0.2) is 4.79 Å². The van der Waals surface area contributed by atoms with Gasteiger partial charge >= 0.3 is 6.03 Å². The summed E-state index contributed by atoms with van der Waals surface area (Å²) in [6.45, 7) is 0. The predicted molar refractivity (Wildman–Crippen MR) is 113 cm³/mol. The van der Waals surface area contributed by atoms with Gasteiger partial charge in [0.15, 0.2) is 0 Å². The minimum Gasteiger partial charge on any atom is -0.384 e. The highest BCUT2D eigenvalue weighted by molar-refractivity contribution is 6.03. The molecule has 0 heterocycles. The Kier molecular flexibility index (Phi) is 5.36. The minimum absolute atomic E-state index is 0.0148. The van der Waals surface area contributed by atoms with Crippen LogP contribution in [0.25, 0.3) is 11.1 Å². The second kappa shape index (κ2) is 8.05. The molecule has 0 aromatic heterocycles. The van der Waals surface area contributed by atoms with Crippen LogP contribution in [0, 0.1) is 10.8 Å². The molecule has 3 aromatic rings. The van der Waals surface area contributed by atoms with Crippen molar-refractivity contribution in [3.63, 3.8) is 0 Å². The summed E-state index contributed by atoms with van der Waals surface area (Å²) in [4.78, 5) is 12.4. The first kappa shape index (κ1) is 18.7. The molecular formula is C21H20N6O. The van der Waals surface area contributed by atoms with E-state index < -0.39 is 6.03 Å². The summed E-state index contributed by atoms with van der Waals surface area (Å²) in [5.74, 6) is -0.0447. The van der Waals surface area contributed by atoms with E-state index in [2.05, 4.69) is 10.6 Å². The Balaban J connectivity index is 1.79. The van der Waals surface area contributed by atoms with Crippen LogP contribution in [-0.4, -0.2) is 17.7 Å². The van der Waals surface area contributed by atoms with Crippen molar-refractivity contribution in [3.05, 3.63) is 83.9 Å². The van der Waals surface area contributed by atoms with E-state index in [0.717, 1.165) is 11.1 Å². The van der Waals surface area contributed by atoms with Crippen molar-refractivity contribution >= 4 is 29.1 Å². The molecule has 0 radical (unpaired) electrons. The van der Waals surface area contributed by atoms with Crippen molar-refractivity contribution in [1.82, 2.24) is 0 Å². The molecule has 0 aliphatic heterocycles. The molecule has 140 valence electrons. The van der Waals surface area contributed by atoms with E-state index in [-0.39, 0.29) is 11.7 Å². The van der Waals surface area contributed by atoms with Gasteiger partial charge in [-0.2, -0.15) is 0 Å². The first-order valence-electron chi connectivity index (χ1n) is 8.50. The van der Waals surface area contributed by atoms with Gasteiger partial charge in [0.05, 0.1) is 5.69 Å². The molecule has 2 amide bonds. The summed E-state index contributed by atoms with van der Waals surface area (Å²) >= 11 is 0. The van der Waals surface area contributed by atoms with Crippen molar-refractivity contribution in [2.75, 3.05) is 10.6 Å². The number of hydrogen-bond acceptors (Lipinski definition) is 3. The van der Waals surface area contributed by atoms with Gasteiger partial charge in [0.1, 0.15) is 11.7 Å². The third-order valence-electron chi connectivity index (χ3n) is 4.11. The van der Waals surface area contributed by atoms with E-state index >= 15 is 0 Å². The highest BCUT2D eigenvalue weighted by Crippen LogP contribution is 2.28. The van der Waals surface area contributed by atoms with Crippen molar-refractivity contribution in [3.8, 4) is 11.1 Å². The number of amidine groups is 2. The number of rotatable bonds is 5. The third kappa shape index (κ3) is 4.34. The first-order valence-corrected chi connectivity index (χ1v) is 8.50. The quantitative estimate of drug-likeness (QED) is 0.301. The maximum Gasteiger partial charge on any atom is 0.323 e. The number of para-hydroxylation sites is 1. The van der Waals surface area contributed by atoms with E-state index in [9.17, 15) is 4.79 Å². The Morgan fingerprint density at radius 3 is 2.11 bits per heavy atom. The van der Waals surface area contributed by atoms with Gasteiger partial charge < -0.3 is 22.1 Å². The Morgan fingerprint density at radius 2 is 1.43 bits per heavy atom. The third-order valence-corrected chi connectivity index (χ3v) is 4.11. The Hall–Kier alpha value is -4.13. The monoisotopic (exact) mass is 372 g/mol. The van der Waals surface area contributed by atoms with Crippen molar-refractivity contribution in [2.24, 2.45) is 11.5 Å². The van der Waals surface area contributed by atoms with Crippen LogP contribution in [0.15, 0.2) is 72.8 Å². The summed E-state index contributed by atoms with van der Waals surface area (Å²) in [6, 6.07) is 21.0. The lowest BCUT2D eigenvalue weighted by molar-refractivity contribution is 0.262. The lowest BCUT2D eigenvalue weighted by Crippen LogP contribution is -2.20. The van der Waals surface area contributed by atoms with Gasteiger partial charge in [-0.05, 0) is 42.0 Å². The first-order chi connectivity index (χ1) is 13.4. The number of carbonyl (C=O) groups is 1. The van der Waals surface area contributed by atoms with E-state index in [4.69, 9.17) is 22.3 Å². The molecule has 0 unspecified atom stereocenters. The number of hydrogen-bond donors (Lipinski definition) is 6. The summed E-state index contributed by atoms with van der Waals surface area (Å²) in [5, 5.41) is 20.6. The number of nitrogen functional groups attached to an aromatic ring is 2. The van der Waals surface area contributed by atoms with Crippen LogP contribution >= 0.6 is 0 Å². The highest BCUT2D eigenvalue weighted by Gasteiger charge is 2.10. The second-order valence-electron chi connectivity index (χ2n) is 6.11. The molecule has 0 fully saturated rings. The normalized spacial score (nSPS) is 10.1. The van der Waals surface area contributed by atoms with Gasteiger partial charge in [0, 0.05) is 22.4 Å². The van der Waals surface area contributed by atoms with Crippen LogP contribution in [0.4, 0.5) is 16.2 Å². The van der Waals surface area contributed by atoms with Crippen LogP contribution in [0.2, 0.25) is 0 Å². The zero-order valence-corrected chi connectivity index (χ0v) is 15.0. The Labute approximate surface area is 162 Å². The molecule has 3 rings (SSSR count). The average molecular weight is 372 g/mol. The molecule has 0 aliphatic carbocycles. The standard InChI is InChI=1S/C21H20N6O/c22-19(23)13-8-10-16(11-9-13)26-21(28)27-18-7-2-1-6-17(18)14-4-3-5-15(12-14)20(24)25/h1-12H,(H3,22,23)(H3,24,25)(H2,26,27,28). The molecule has 7 heteroatoms. The number of carbonyl (C=O) groups excluding carboxylic acids is 1. The topological polar surface area (TPSA) is 141 Å². The number of amides is 2. The van der Waals surface area contributed by atoms with Crippen LogP contribution in [-0.2, 0) is 0 Å². The molecule has 0 saturated heterocycles. The minimum atomic E-state index is -0.397. The second-order valence-corrected chi connectivity index (χ2v) is 6.11. The molecule has 0 atom stereocenters. The molecule has 7 nitrogen and oxygen atoms in total. The fraction of sp³-hybridized carbons (Fsp3) is 0. The molecule has 28 heavy (non-hydrogen) atoms. The van der Waals surface area contributed by atoms with Gasteiger partial charge in [0.2, 0.25) is 0 Å². The van der Waals surface area contributed by atoms with E-state index in [1.54, 1.807) is 42.5 Å². The molecular weight excluding hydrogens is 352 g/mol. The molecule has 3 aromatic carbocycles. The van der Waals surface area contributed by atoms with Gasteiger partial charge in [0.25, 0.3) is 0 Å². The fourth-order valence-electron chi connectivity index (χ4n) is 2.72. The Morgan fingerprint density at radius 1 is 0.750 bits per heavy atom.